The van der Waals surface area contributed by atoms with Gasteiger partial charge in [0, 0.05) is 50.5 Å². The second kappa shape index (κ2) is 16.0. The number of piperidine rings is 1. The third-order valence-electron chi connectivity index (χ3n) is 9.71. The number of halogens is 2. The summed E-state index contributed by atoms with van der Waals surface area (Å²) in [5, 5.41) is 18.4. The minimum absolute atomic E-state index is 0. The zero-order valence-electron chi connectivity index (χ0n) is 28.0. The highest BCUT2D eigenvalue weighted by molar-refractivity contribution is 7.89. The Labute approximate surface area is 291 Å². The molecule has 5 rings (SSSR count). The van der Waals surface area contributed by atoms with Gasteiger partial charge in [0.25, 0.3) is 0 Å². The van der Waals surface area contributed by atoms with Crippen molar-refractivity contribution in [2.24, 2.45) is 5.92 Å². The summed E-state index contributed by atoms with van der Waals surface area (Å²) in [6.07, 6.45) is 1.80. The molecule has 4 heterocycles. The molecule has 264 valence electrons. The third kappa shape index (κ3) is 7.66. The number of nitrogens with zero attached hydrogens (tertiary/aromatic N) is 5. The number of hydrogen-bond acceptors (Lipinski definition) is 8. The van der Waals surface area contributed by atoms with Crippen molar-refractivity contribution in [3.63, 3.8) is 0 Å². The van der Waals surface area contributed by atoms with Crippen molar-refractivity contribution in [1.29, 1.82) is 0 Å². The molecule has 0 aliphatic carbocycles. The van der Waals surface area contributed by atoms with E-state index in [4.69, 9.17) is 9.84 Å². The number of carbonyl (C=O) groups excluding carboxylic acids is 2. The van der Waals surface area contributed by atoms with Crippen molar-refractivity contribution in [2.75, 3.05) is 45.9 Å². The Morgan fingerprint density at radius 1 is 1.04 bits per heavy atom. The van der Waals surface area contributed by atoms with Crippen LogP contribution in [-0.2, 0) is 30.9 Å². The number of aliphatic hydroxyl groups excluding tert-OH is 1. The fourth-order valence-electron chi connectivity index (χ4n) is 6.75. The highest BCUT2D eigenvalue weighted by atomic mass is 35.5. The number of aromatic nitrogens is 2. The monoisotopic (exact) mass is 716 g/mol. The average molecular weight is 718 g/mol. The summed E-state index contributed by atoms with van der Waals surface area (Å²) in [7, 11) is -3.58. The van der Waals surface area contributed by atoms with E-state index < -0.39 is 27.7 Å². The number of aryl methyl sites for hydroxylation is 1. The van der Waals surface area contributed by atoms with E-state index in [0.29, 0.717) is 65.3 Å². The Kier molecular flexibility index (Phi) is 13.3. The number of nitrogens with one attached hydrogen (secondary N) is 1. The van der Waals surface area contributed by atoms with E-state index in [0.717, 1.165) is 35.5 Å². The molecule has 0 unspecified atom stereocenters. The zero-order chi connectivity index (χ0) is 32.5. The molecule has 2 N–H and O–H groups in total. The number of sulfonamides is 1. The largest absolute Gasteiger partial charge is 0.390 e. The quantitative estimate of drug-likeness (QED) is 0.383. The van der Waals surface area contributed by atoms with Gasteiger partial charge in [0.1, 0.15) is 11.6 Å². The Balaban J connectivity index is 0.00000300. The first kappa shape index (κ1) is 39.2. The summed E-state index contributed by atoms with van der Waals surface area (Å²) in [6.45, 7) is 13.7. The Morgan fingerprint density at radius 2 is 1.66 bits per heavy atom. The van der Waals surface area contributed by atoms with Crippen LogP contribution in [0.4, 0.5) is 0 Å². The van der Waals surface area contributed by atoms with E-state index in [1.807, 2.05) is 32.4 Å². The van der Waals surface area contributed by atoms with Crippen LogP contribution in [0.15, 0.2) is 29.2 Å². The van der Waals surface area contributed by atoms with E-state index in [1.54, 1.807) is 29.2 Å². The van der Waals surface area contributed by atoms with Crippen LogP contribution in [0.1, 0.15) is 63.4 Å². The number of amides is 2. The summed E-state index contributed by atoms with van der Waals surface area (Å²) in [6, 6.07) is 5.92. The molecule has 2 atom stereocenters. The maximum atomic E-state index is 13.6. The predicted molar refractivity (Wildman–Crippen MR) is 184 cm³/mol. The second-order valence-corrected chi connectivity index (χ2v) is 14.8. The molecule has 3 aliphatic rings. The molecule has 3 fully saturated rings. The van der Waals surface area contributed by atoms with Gasteiger partial charge in [-0.15, -0.1) is 24.8 Å². The molecule has 12 nitrogen and oxygen atoms in total. The van der Waals surface area contributed by atoms with Crippen LogP contribution >= 0.6 is 24.8 Å². The van der Waals surface area contributed by atoms with Crippen molar-refractivity contribution in [3.8, 4) is 5.69 Å². The molecule has 0 bridgehead atoms. The van der Waals surface area contributed by atoms with Crippen molar-refractivity contribution in [3.05, 3.63) is 41.2 Å². The minimum atomic E-state index is -3.58. The maximum absolute atomic E-state index is 13.6. The van der Waals surface area contributed by atoms with Gasteiger partial charge in [0.15, 0.2) is 0 Å². The van der Waals surface area contributed by atoms with Crippen LogP contribution in [0.3, 0.4) is 0 Å². The highest BCUT2D eigenvalue weighted by Crippen LogP contribution is 2.35. The lowest BCUT2D eigenvalue weighted by Crippen LogP contribution is -2.74. The van der Waals surface area contributed by atoms with E-state index in [1.165, 1.54) is 4.31 Å². The number of aliphatic hydroxyl groups is 1. The van der Waals surface area contributed by atoms with Crippen LogP contribution in [0.25, 0.3) is 5.69 Å². The molecular formula is C32H50Cl2N6O6S. The molecule has 1 spiro atoms. The number of rotatable bonds is 10. The first-order valence-electron chi connectivity index (χ1n) is 16.2. The highest BCUT2D eigenvalue weighted by Gasteiger charge is 2.54. The number of likely N-dealkylation sites (tertiary alicyclic amines) is 1. The summed E-state index contributed by atoms with van der Waals surface area (Å²) < 4.78 is 34.7. The fraction of sp³-hybridized carbons (Fsp3) is 0.656. The number of piperazine rings is 1. The van der Waals surface area contributed by atoms with Crippen LogP contribution in [0.2, 0.25) is 0 Å². The lowest BCUT2D eigenvalue weighted by molar-refractivity contribution is -0.165. The van der Waals surface area contributed by atoms with E-state index >= 15 is 0 Å². The molecule has 15 heteroatoms. The summed E-state index contributed by atoms with van der Waals surface area (Å²) in [5.74, 6) is -0.507. The van der Waals surface area contributed by atoms with Crippen molar-refractivity contribution < 1.29 is 27.9 Å². The zero-order valence-corrected chi connectivity index (χ0v) is 30.4. The molecule has 0 radical (unpaired) electrons. The van der Waals surface area contributed by atoms with Crippen LogP contribution < -0.4 is 5.32 Å². The summed E-state index contributed by atoms with van der Waals surface area (Å²) in [4.78, 5) is 31.6. The fourth-order valence-corrected chi connectivity index (χ4v) is 8.16. The van der Waals surface area contributed by atoms with Gasteiger partial charge >= 0.3 is 0 Å². The predicted octanol–water partition coefficient (Wildman–Crippen LogP) is 2.83. The minimum Gasteiger partial charge on any atom is -0.390 e. The summed E-state index contributed by atoms with van der Waals surface area (Å²) >= 11 is 0. The molecule has 3 aliphatic heterocycles. The van der Waals surface area contributed by atoms with Gasteiger partial charge in [-0.25, -0.2) is 13.1 Å². The van der Waals surface area contributed by atoms with E-state index in [9.17, 15) is 23.1 Å². The SMILES string of the molecule is CCCCN1C(=O)[C@@H]([C@H](O)C(C)C)NC(=O)C12CCN(Cc1c(C)nn(-c3ccc(S(=O)(=O)N4CCOCC4)cc3)c1C)CC2.Cl.Cl. The van der Waals surface area contributed by atoms with Crippen LogP contribution in [0, 0.1) is 19.8 Å². The average Bonchev–Trinajstić information content (AvgIpc) is 3.32. The molecule has 1 aromatic heterocycles. The number of hydrogen-bond donors (Lipinski definition) is 2. The van der Waals surface area contributed by atoms with Gasteiger partial charge in [-0.05, 0) is 63.3 Å². The molecule has 2 amide bonds. The standard InChI is InChI=1S/C32H48N6O6S.2ClH/c1-6-7-14-37-30(40)28(29(39)22(2)3)33-31(41)32(37)12-15-35(16-13-32)21-27-23(4)34-38(24(27)5)25-8-10-26(11-9-25)45(42,43)36-17-19-44-20-18-36;;/h8-11,22,28-29,39H,6-7,12-21H2,1-5H3,(H,33,41);2*1H/t28-,29-;;/m1../s1. The summed E-state index contributed by atoms with van der Waals surface area (Å²) in [5.41, 5.74) is 2.81. The number of unbranched alkanes of at least 4 members (excludes halogenated alkanes) is 1. The third-order valence-corrected chi connectivity index (χ3v) is 11.6. The van der Waals surface area contributed by atoms with E-state index in [2.05, 4.69) is 17.1 Å². The Hall–Kier alpha value is -2.26. The van der Waals surface area contributed by atoms with Crippen molar-refractivity contribution >= 4 is 46.7 Å². The van der Waals surface area contributed by atoms with Gasteiger partial charge < -0.3 is 20.1 Å². The Bertz CT molecular complexity index is 1490. The molecular weight excluding hydrogens is 667 g/mol. The number of morpholine rings is 1. The number of ether oxygens (including phenoxy) is 1. The first-order valence-corrected chi connectivity index (χ1v) is 17.6. The molecule has 3 saturated heterocycles. The van der Waals surface area contributed by atoms with Gasteiger partial charge in [0.05, 0.1) is 35.6 Å². The van der Waals surface area contributed by atoms with Gasteiger partial charge in [-0.2, -0.15) is 9.40 Å². The van der Waals surface area contributed by atoms with Gasteiger partial charge in [-0.3, -0.25) is 14.5 Å². The van der Waals surface area contributed by atoms with Crippen LogP contribution in [0.5, 0.6) is 0 Å². The smallest absolute Gasteiger partial charge is 0.248 e. The second-order valence-electron chi connectivity index (χ2n) is 12.9. The Morgan fingerprint density at radius 3 is 2.23 bits per heavy atom. The van der Waals surface area contributed by atoms with Gasteiger partial charge in [-0.1, -0.05) is 27.2 Å². The van der Waals surface area contributed by atoms with Crippen molar-refractivity contribution in [2.45, 2.75) is 89.4 Å². The van der Waals surface area contributed by atoms with E-state index in [-0.39, 0.29) is 47.4 Å². The normalized spacial score (nSPS) is 21.3. The van der Waals surface area contributed by atoms with Crippen molar-refractivity contribution in [1.82, 2.24) is 29.2 Å². The number of benzene rings is 1. The maximum Gasteiger partial charge on any atom is 0.248 e. The first-order chi connectivity index (χ1) is 21.4. The topological polar surface area (TPSA) is 137 Å². The van der Waals surface area contributed by atoms with Crippen LogP contribution in [-0.4, -0.2) is 113 Å². The number of carbonyl (C=O) groups is 2. The molecule has 0 saturated carbocycles. The van der Waals surface area contributed by atoms with Gasteiger partial charge in [0.2, 0.25) is 21.8 Å². The lowest BCUT2D eigenvalue weighted by atomic mass is 9.80. The molecule has 47 heavy (non-hydrogen) atoms. The molecule has 1 aromatic carbocycles. The molecule has 2 aromatic rings. The lowest BCUT2D eigenvalue weighted by Gasteiger charge is -2.52.